The van der Waals surface area contributed by atoms with Crippen LogP contribution in [0.1, 0.15) is 17.7 Å². The first kappa shape index (κ1) is 21.7. The first-order valence-corrected chi connectivity index (χ1v) is 10.5. The zero-order valence-electron chi connectivity index (χ0n) is 14.1. The van der Waals surface area contributed by atoms with E-state index in [9.17, 15) is 8.42 Å². The third kappa shape index (κ3) is 5.85. The lowest BCUT2D eigenvalue weighted by Gasteiger charge is -2.35. The van der Waals surface area contributed by atoms with Crippen molar-refractivity contribution in [1.82, 2.24) is 10.6 Å². The Morgan fingerprint density at radius 1 is 1.38 bits per heavy atom. The van der Waals surface area contributed by atoms with Crippen LogP contribution >= 0.6 is 35.3 Å². The molecule has 0 amide bonds. The van der Waals surface area contributed by atoms with Crippen molar-refractivity contribution in [1.29, 1.82) is 0 Å². The van der Waals surface area contributed by atoms with E-state index in [1.165, 1.54) is 11.1 Å². The molecule has 1 aromatic rings. The number of thiophene rings is 1. The number of nitrogens with one attached hydrogen (secondary N) is 2. The lowest BCUT2D eigenvalue weighted by Crippen LogP contribution is -2.53. The van der Waals surface area contributed by atoms with Gasteiger partial charge in [0.25, 0.3) is 0 Å². The third-order valence-electron chi connectivity index (χ3n) is 4.24. The minimum atomic E-state index is -3.17. The minimum absolute atomic E-state index is 0. The van der Waals surface area contributed by atoms with Crippen LogP contribution in [0.4, 0.5) is 0 Å². The van der Waals surface area contributed by atoms with E-state index in [2.05, 4.69) is 27.1 Å². The molecule has 1 saturated heterocycles. The molecule has 0 saturated carbocycles. The Balaban J connectivity index is 0.00000288. The van der Waals surface area contributed by atoms with E-state index >= 15 is 0 Å². The molecule has 0 aromatic carbocycles. The summed E-state index contributed by atoms with van der Waals surface area (Å²) in [7, 11) is -1.48. The maximum Gasteiger partial charge on any atom is 0.191 e. The fraction of sp³-hybridized carbons (Fsp3) is 0.667. The lowest BCUT2D eigenvalue weighted by molar-refractivity contribution is 0.0756. The quantitative estimate of drug-likeness (QED) is 0.363. The van der Waals surface area contributed by atoms with Crippen molar-refractivity contribution >= 4 is 51.1 Å². The normalized spacial score (nSPS) is 17.8. The molecule has 2 rings (SSSR count). The van der Waals surface area contributed by atoms with Crippen LogP contribution in [0, 0.1) is 0 Å². The number of aliphatic imine (C=N–C) groups is 1. The summed E-state index contributed by atoms with van der Waals surface area (Å²) in [5.41, 5.74) is 0. The summed E-state index contributed by atoms with van der Waals surface area (Å²) in [6.45, 7) is 2.08. The molecule has 0 unspecified atom stereocenters. The summed E-state index contributed by atoms with van der Waals surface area (Å²) in [6, 6.07) is 4.14. The van der Waals surface area contributed by atoms with Gasteiger partial charge in [-0.3, -0.25) is 4.99 Å². The highest BCUT2D eigenvalue weighted by molar-refractivity contribution is 14.0. The van der Waals surface area contributed by atoms with E-state index in [1.54, 1.807) is 18.4 Å². The van der Waals surface area contributed by atoms with Gasteiger partial charge < -0.3 is 15.4 Å². The molecule has 0 atom stereocenters. The van der Waals surface area contributed by atoms with E-state index in [0.717, 1.165) is 13.0 Å². The highest BCUT2D eigenvalue weighted by atomic mass is 127. The predicted molar refractivity (Wildman–Crippen MR) is 110 cm³/mol. The SMILES string of the molecule is CN=C(NCCc1cccs1)NCC1(S(C)(=O)=O)CCOCC1.I. The van der Waals surface area contributed by atoms with Gasteiger partial charge in [-0.05, 0) is 30.7 Å². The van der Waals surface area contributed by atoms with Gasteiger partial charge in [0.1, 0.15) is 0 Å². The Kier molecular flexibility index (Phi) is 8.96. The largest absolute Gasteiger partial charge is 0.381 e. The molecule has 6 nitrogen and oxygen atoms in total. The summed E-state index contributed by atoms with van der Waals surface area (Å²) in [4.78, 5) is 5.49. The Hall–Kier alpha value is -0.390. The Labute approximate surface area is 165 Å². The van der Waals surface area contributed by atoms with Crippen LogP contribution in [0.25, 0.3) is 0 Å². The molecule has 0 radical (unpaired) electrons. The zero-order chi connectivity index (χ0) is 16.8. The van der Waals surface area contributed by atoms with Gasteiger partial charge in [0, 0.05) is 44.5 Å². The molecular weight excluding hydrogens is 461 g/mol. The van der Waals surface area contributed by atoms with Gasteiger partial charge in [-0.2, -0.15) is 0 Å². The number of hydrogen-bond donors (Lipinski definition) is 2. The van der Waals surface area contributed by atoms with Crippen LogP contribution in [0.5, 0.6) is 0 Å². The molecule has 1 aliphatic heterocycles. The molecule has 138 valence electrons. The van der Waals surface area contributed by atoms with Gasteiger partial charge in [-0.25, -0.2) is 8.42 Å². The summed E-state index contributed by atoms with van der Waals surface area (Å²) >= 11 is 1.73. The van der Waals surface area contributed by atoms with Gasteiger partial charge in [0.15, 0.2) is 15.8 Å². The van der Waals surface area contributed by atoms with Crippen molar-refractivity contribution in [2.45, 2.75) is 24.0 Å². The Morgan fingerprint density at radius 2 is 2.08 bits per heavy atom. The van der Waals surface area contributed by atoms with Crippen molar-refractivity contribution < 1.29 is 13.2 Å². The number of nitrogens with zero attached hydrogens (tertiary/aromatic N) is 1. The van der Waals surface area contributed by atoms with Gasteiger partial charge >= 0.3 is 0 Å². The number of hydrogen-bond acceptors (Lipinski definition) is 5. The summed E-state index contributed by atoms with van der Waals surface area (Å²) < 4.78 is 29.0. The molecule has 1 fully saturated rings. The predicted octanol–water partition coefficient (Wildman–Crippen LogP) is 1.67. The monoisotopic (exact) mass is 487 g/mol. The highest BCUT2D eigenvalue weighted by Crippen LogP contribution is 2.28. The second kappa shape index (κ2) is 9.93. The molecule has 24 heavy (non-hydrogen) atoms. The van der Waals surface area contributed by atoms with Crippen LogP contribution in [0.3, 0.4) is 0 Å². The average molecular weight is 487 g/mol. The first-order chi connectivity index (χ1) is 11.0. The van der Waals surface area contributed by atoms with Crippen molar-refractivity contribution in [2.24, 2.45) is 4.99 Å². The molecule has 2 heterocycles. The van der Waals surface area contributed by atoms with Crippen molar-refractivity contribution in [3.63, 3.8) is 0 Å². The van der Waals surface area contributed by atoms with Crippen LogP contribution in [0.2, 0.25) is 0 Å². The van der Waals surface area contributed by atoms with Crippen LogP contribution < -0.4 is 10.6 Å². The standard InChI is InChI=1S/C15H25N3O3S2.HI/c1-16-14(17-8-5-13-4-3-11-22-13)18-12-15(23(2,19)20)6-9-21-10-7-15;/h3-4,11H,5-10,12H2,1-2H3,(H2,16,17,18);1H. The topological polar surface area (TPSA) is 79.8 Å². The first-order valence-electron chi connectivity index (χ1n) is 7.71. The molecule has 1 aliphatic rings. The minimum Gasteiger partial charge on any atom is -0.381 e. The van der Waals surface area contributed by atoms with E-state index < -0.39 is 14.6 Å². The fourth-order valence-corrected chi connectivity index (χ4v) is 4.60. The molecular formula is C15H26IN3O3S2. The van der Waals surface area contributed by atoms with Crippen molar-refractivity contribution in [3.8, 4) is 0 Å². The number of sulfone groups is 1. The number of halogens is 1. The smallest absolute Gasteiger partial charge is 0.191 e. The summed E-state index contributed by atoms with van der Waals surface area (Å²) in [5.74, 6) is 0.635. The molecule has 2 N–H and O–H groups in total. The van der Waals surface area contributed by atoms with Crippen molar-refractivity contribution in [3.05, 3.63) is 22.4 Å². The van der Waals surface area contributed by atoms with Gasteiger partial charge in [0.05, 0.1) is 4.75 Å². The molecule has 1 aromatic heterocycles. The summed E-state index contributed by atoms with van der Waals surface area (Å²) in [5, 5.41) is 8.47. The van der Waals surface area contributed by atoms with E-state index in [0.29, 0.717) is 38.6 Å². The number of ether oxygens (including phenoxy) is 1. The van der Waals surface area contributed by atoms with Gasteiger partial charge in [0.2, 0.25) is 0 Å². The zero-order valence-corrected chi connectivity index (χ0v) is 18.0. The van der Waals surface area contributed by atoms with Crippen LogP contribution in [-0.4, -0.2) is 58.7 Å². The maximum absolute atomic E-state index is 12.2. The highest BCUT2D eigenvalue weighted by Gasteiger charge is 2.42. The van der Waals surface area contributed by atoms with Crippen LogP contribution in [0.15, 0.2) is 22.5 Å². The number of rotatable bonds is 6. The molecule has 0 bridgehead atoms. The second-order valence-electron chi connectivity index (χ2n) is 5.75. The Morgan fingerprint density at radius 3 is 2.62 bits per heavy atom. The lowest BCUT2D eigenvalue weighted by atomic mass is 9.99. The summed E-state index contributed by atoms with van der Waals surface area (Å²) in [6.07, 6.45) is 3.27. The van der Waals surface area contributed by atoms with E-state index in [4.69, 9.17) is 4.74 Å². The molecule has 0 aliphatic carbocycles. The van der Waals surface area contributed by atoms with Crippen LogP contribution in [-0.2, 0) is 21.0 Å². The van der Waals surface area contributed by atoms with Gasteiger partial charge in [-0.1, -0.05) is 6.07 Å². The fourth-order valence-electron chi connectivity index (χ4n) is 2.65. The van der Waals surface area contributed by atoms with E-state index in [1.807, 2.05) is 6.07 Å². The Bertz CT molecular complexity index is 612. The number of guanidine groups is 1. The maximum atomic E-state index is 12.2. The van der Waals surface area contributed by atoms with Gasteiger partial charge in [-0.15, -0.1) is 35.3 Å². The third-order valence-corrected chi connectivity index (χ3v) is 7.30. The second-order valence-corrected chi connectivity index (χ2v) is 9.19. The molecule has 0 spiro atoms. The molecule has 9 heteroatoms. The van der Waals surface area contributed by atoms with E-state index in [-0.39, 0.29) is 24.0 Å². The van der Waals surface area contributed by atoms with Crippen molar-refractivity contribution in [2.75, 3.05) is 39.6 Å². The average Bonchev–Trinajstić information content (AvgIpc) is 3.04.